The van der Waals surface area contributed by atoms with Gasteiger partial charge in [-0.3, -0.25) is 9.36 Å². The second-order valence-electron chi connectivity index (χ2n) is 2.74. The van der Waals surface area contributed by atoms with Gasteiger partial charge in [0, 0.05) is 6.16 Å². The lowest BCUT2D eigenvalue weighted by atomic mass is 10.5. The van der Waals surface area contributed by atoms with Crippen LogP contribution in [0.5, 0.6) is 0 Å². The lowest BCUT2D eigenvalue weighted by Crippen LogP contribution is -2.26. The highest BCUT2D eigenvalue weighted by atomic mass is 32.2. The van der Waals surface area contributed by atoms with Gasteiger partial charge in [-0.15, -0.1) is 11.8 Å². The fourth-order valence-electron chi connectivity index (χ4n) is 0.657. The fraction of sp³-hybridized carbons (Fsp3) is 0.833. The lowest BCUT2D eigenvalue weighted by Gasteiger charge is -2.18. The molecule has 0 spiro atoms. The summed E-state index contributed by atoms with van der Waals surface area (Å²) >= 11 is 1.03. The van der Waals surface area contributed by atoms with Crippen molar-refractivity contribution in [3.05, 3.63) is 0 Å². The standard InChI is InChI=1S/C6H14NO4PS/c1-4(7)12(10,11)3-5(13-2)6(8)9/h4-5H,3,7H2,1-2H3,(H,8,9)(H,10,11). The molecule has 78 valence electrons. The van der Waals surface area contributed by atoms with E-state index in [4.69, 9.17) is 10.8 Å². The van der Waals surface area contributed by atoms with Crippen LogP contribution in [0.2, 0.25) is 0 Å². The third-order valence-corrected chi connectivity index (χ3v) is 4.97. The summed E-state index contributed by atoms with van der Waals surface area (Å²) < 4.78 is 11.3. The molecule has 0 saturated carbocycles. The number of nitrogens with two attached hydrogens (primary N) is 1. The molecule has 0 rings (SSSR count). The summed E-state index contributed by atoms with van der Waals surface area (Å²) in [4.78, 5) is 19.8. The molecule has 13 heavy (non-hydrogen) atoms. The Kier molecular flexibility index (Phi) is 4.99. The molecule has 0 bridgehead atoms. The zero-order valence-electron chi connectivity index (χ0n) is 7.51. The third-order valence-electron chi connectivity index (χ3n) is 1.62. The molecule has 0 aliphatic heterocycles. The van der Waals surface area contributed by atoms with E-state index in [0.29, 0.717) is 0 Å². The van der Waals surface area contributed by atoms with Crippen LogP contribution in [-0.4, -0.2) is 39.4 Å². The van der Waals surface area contributed by atoms with Crippen LogP contribution < -0.4 is 5.73 Å². The zero-order chi connectivity index (χ0) is 10.6. The molecule has 5 nitrogen and oxygen atoms in total. The highest BCUT2D eigenvalue weighted by Crippen LogP contribution is 2.45. The first kappa shape index (κ1) is 13.0. The minimum atomic E-state index is -3.51. The molecule has 0 saturated heterocycles. The van der Waals surface area contributed by atoms with Crippen LogP contribution in [0.1, 0.15) is 6.92 Å². The Labute approximate surface area is 81.2 Å². The average Bonchev–Trinajstić information content (AvgIpc) is 1.99. The van der Waals surface area contributed by atoms with Crippen LogP contribution in [0.3, 0.4) is 0 Å². The number of thioether (sulfide) groups is 1. The van der Waals surface area contributed by atoms with Gasteiger partial charge >= 0.3 is 5.97 Å². The lowest BCUT2D eigenvalue weighted by molar-refractivity contribution is -0.136. The monoisotopic (exact) mass is 227 g/mol. The van der Waals surface area contributed by atoms with E-state index < -0.39 is 24.4 Å². The van der Waals surface area contributed by atoms with Crippen LogP contribution in [-0.2, 0) is 9.36 Å². The van der Waals surface area contributed by atoms with Gasteiger partial charge in [0.1, 0.15) is 5.25 Å². The third kappa shape index (κ3) is 4.13. The van der Waals surface area contributed by atoms with E-state index in [-0.39, 0.29) is 6.16 Å². The highest BCUT2D eigenvalue weighted by molar-refractivity contribution is 8.00. The van der Waals surface area contributed by atoms with Crippen molar-refractivity contribution in [1.82, 2.24) is 0 Å². The van der Waals surface area contributed by atoms with E-state index in [9.17, 15) is 14.3 Å². The summed E-state index contributed by atoms with van der Waals surface area (Å²) in [6.07, 6.45) is 1.31. The highest BCUT2D eigenvalue weighted by Gasteiger charge is 2.31. The van der Waals surface area contributed by atoms with Crippen LogP contribution in [0.25, 0.3) is 0 Å². The van der Waals surface area contributed by atoms with E-state index in [1.807, 2.05) is 0 Å². The van der Waals surface area contributed by atoms with Crippen molar-refractivity contribution in [3.63, 3.8) is 0 Å². The van der Waals surface area contributed by atoms with Crippen molar-refractivity contribution in [2.75, 3.05) is 12.4 Å². The van der Waals surface area contributed by atoms with Gasteiger partial charge in [-0.25, -0.2) is 0 Å². The Morgan fingerprint density at radius 1 is 1.69 bits per heavy atom. The molecule has 3 unspecified atom stereocenters. The summed E-state index contributed by atoms with van der Waals surface area (Å²) in [7, 11) is -3.51. The second-order valence-corrected chi connectivity index (χ2v) is 6.47. The molecular weight excluding hydrogens is 213 g/mol. The fourth-order valence-corrected chi connectivity index (χ4v) is 3.06. The number of hydrogen-bond acceptors (Lipinski definition) is 4. The van der Waals surface area contributed by atoms with E-state index >= 15 is 0 Å². The van der Waals surface area contributed by atoms with Crippen LogP contribution in [0.4, 0.5) is 0 Å². The van der Waals surface area contributed by atoms with Gasteiger partial charge in [-0.05, 0) is 13.2 Å². The average molecular weight is 227 g/mol. The van der Waals surface area contributed by atoms with Gasteiger partial charge in [0.05, 0.1) is 5.78 Å². The zero-order valence-corrected chi connectivity index (χ0v) is 9.22. The molecular formula is C6H14NO4PS. The van der Waals surface area contributed by atoms with Gasteiger partial charge in [-0.2, -0.15) is 0 Å². The van der Waals surface area contributed by atoms with Gasteiger partial charge in [0.2, 0.25) is 7.37 Å². The number of carbonyl (C=O) groups is 1. The first-order chi connectivity index (χ1) is 5.81. The number of carboxylic acids is 1. The van der Waals surface area contributed by atoms with Crippen molar-refractivity contribution in [1.29, 1.82) is 0 Å². The summed E-state index contributed by atoms with van der Waals surface area (Å²) in [5.41, 5.74) is 5.26. The molecule has 0 aliphatic carbocycles. The summed E-state index contributed by atoms with van der Waals surface area (Å²) in [5, 5.41) is 7.77. The van der Waals surface area contributed by atoms with Crippen molar-refractivity contribution in [2.45, 2.75) is 18.0 Å². The van der Waals surface area contributed by atoms with Crippen LogP contribution >= 0.6 is 19.1 Å². The first-order valence-electron chi connectivity index (χ1n) is 3.64. The van der Waals surface area contributed by atoms with E-state index in [0.717, 1.165) is 11.8 Å². The van der Waals surface area contributed by atoms with Crippen molar-refractivity contribution >= 4 is 25.1 Å². The predicted molar refractivity (Wildman–Crippen MR) is 53.3 cm³/mol. The molecule has 3 atom stereocenters. The Morgan fingerprint density at radius 2 is 2.15 bits per heavy atom. The van der Waals surface area contributed by atoms with Crippen molar-refractivity contribution in [3.8, 4) is 0 Å². The molecule has 0 aromatic rings. The Bertz CT molecular complexity index is 233. The Hall–Kier alpha value is -0.0300. The molecule has 0 aromatic carbocycles. The SMILES string of the molecule is CSC(CP(=O)(O)C(C)N)C(=O)O. The quantitative estimate of drug-likeness (QED) is 0.587. The molecule has 0 heterocycles. The molecule has 0 fully saturated rings. The summed E-state index contributed by atoms with van der Waals surface area (Å²) in [6, 6.07) is 0. The number of carboxylic acid groups (broad SMARTS) is 1. The molecule has 0 aliphatic rings. The van der Waals surface area contributed by atoms with Crippen molar-refractivity contribution < 1.29 is 19.4 Å². The normalized spacial score (nSPS) is 20.3. The maximum Gasteiger partial charge on any atom is 0.317 e. The predicted octanol–water partition coefficient (Wildman–Crippen LogP) is 0.378. The maximum atomic E-state index is 11.3. The van der Waals surface area contributed by atoms with Gasteiger partial charge in [0.15, 0.2) is 0 Å². The smallest absolute Gasteiger partial charge is 0.317 e. The Balaban J connectivity index is 4.40. The minimum absolute atomic E-state index is 0.277. The molecule has 4 N–H and O–H groups in total. The largest absolute Gasteiger partial charge is 0.480 e. The van der Waals surface area contributed by atoms with Crippen LogP contribution in [0.15, 0.2) is 0 Å². The van der Waals surface area contributed by atoms with Crippen molar-refractivity contribution in [2.24, 2.45) is 5.73 Å². The van der Waals surface area contributed by atoms with E-state index in [2.05, 4.69) is 0 Å². The maximum absolute atomic E-state index is 11.3. The molecule has 7 heteroatoms. The number of hydrogen-bond donors (Lipinski definition) is 3. The number of aliphatic carboxylic acids is 1. The van der Waals surface area contributed by atoms with Gasteiger partial charge in [-0.1, -0.05) is 0 Å². The van der Waals surface area contributed by atoms with Gasteiger partial charge in [0.25, 0.3) is 0 Å². The summed E-state index contributed by atoms with van der Waals surface area (Å²) in [5.74, 6) is -1.95. The molecule has 0 radical (unpaired) electrons. The minimum Gasteiger partial charge on any atom is -0.480 e. The van der Waals surface area contributed by atoms with Gasteiger partial charge < -0.3 is 15.7 Å². The van der Waals surface area contributed by atoms with E-state index in [1.165, 1.54) is 6.92 Å². The van der Waals surface area contributed by atoms with E-state index in [1.54, 1.807) is 6.26 Å². The topological polar surface area (TPSA) is 101 Å². The molecule has 0 amide bonds. The second kappa shape index (κ2) is 5.00. The number of rotatable bonds is 5. The first-order valence-corrected chi connectivity index (χ1v) is 6.84. The van der Waals surface area contributed by atoms with Crippen LogP contribution in [0, 0.1) is 0 Å². The Morgan fingerprint density at radius 3 is 2.38 bits per heavy atom. The molecule has 0 aromatic heterocycles. The summed E-state index contributed by atoms with van der Waals surface area (Å²) in [6.45, 7) is 1.40.